The van der Waals surface area contributed by atoms with Crippen molar-refractivity contribution < 1.29 is 24.1 Å². The fourth-order valence-electron chi connectivity index (χ4n) is 2.84. The molecule has 1 aromatic carbocycles. The van der Waals surface area contributed by atoms with Crippen LogP contribution in [0, 0.1) is 0 Å². The van der Waals surface area contributed by atoms with Gasteiger partial charge in [0.05, 0.1) is 20.1 Å². The van der Waals surface area contributed by atoms with E-state index in [1.807, 2.05) is 12.1 Å². The molecule has 0 unspecified atom stereocenters. The molecule has 0 amide bonds. The minimum atomic E-state index is -0.783. The Hall–Kier alpha value is -1.75. The Labute approximate surface area is 111 Å². The maximum absolute atomic E-state index is 11.1. The Morgan fingerprint density at radius 1 is 1.47 bits per heavy atom. The molecule has 1 aliphatic carbocycles. The average molecular weight is 264 g/mol. The minimum absolute atomic E-state index is 0.125. The van der Waals surface area contributed by atoms with Crippen LogP contribution in [0.2, 0.25) is 0 Å². The van der Waals surface area contributed by atoms with Crippen LogP contribution in [0.25, 0.3) is 0 Å². The van der Waals surface area contributed by atoms with Gasteiger partial charge in [0, 0.05) is 16.5 Å². The van der Waals surface area contributed by atoms with Crippen molar-refractivity contribution in [3.8, 4) is 11.5 Å². The molecule has 102 valence electrons. The SMILES string of the molecule is COc1ccc2c(c1C1(CC(=O)O)CC1)COCO2. The molecule has 1 fully saturated rings. The van der Waals surface area contributed by atoms with Gasteiger partial charge in [-0.05, 0) is 25.0 Å². The zero-order valence-electron chi connectivity index (χ0n) is 10.8. The summed E-state index contributed by atoms with van der Waals surface area (Å²) in [6.07, 6.45) is 1.86. The monoisotopic (exact) mass is 264 g/mol. The molecule has 2 aliphatic rings. The summed E-state index contributed by atoms with van der Waals surface area (Å²) in [7, 11) is 1.60. The van der Waals surface area contributed by atoms with Crippen LogP contribution < -0.4 is 9.47 Å². The summed E-state index contributed by atoms with van der Waals surface area (Å²) in [5.74, 6) is 0.722. The standard InChI is InChI=1S/C14H16O5/c1-17-11-3-2-10-9(7-18-8-19-10)13(11)14(4-5-14)6-12(15)16/h2-3H,4-8H2,1H3,(H,15,16). The third-order valence-electron chi connectivity index (χ3n) is 3.87. The van der Waals surface area contributed by atoms with E-state index in [-0.39, 0.29) is 18.6 Å². The highest BCUT2D eigenvalue weighted by Gasteiger charge is 2.49. The highest BCUT2D eigenvalue weighted by atomic mass is 16.7. The van der Waals surface area contributed by atoms with Crippen molar-refractivity contribution in [2.45, 2.75) is 31.3 Å². The number of rotatable bonds is 4. The van der Waals surface area contributed by atoms with Crippen molar-refractivity contribution in [3.63, 3.8) is 0 Å². The number of carbonyl (C=O) groups is 1. The molecule has 0 spiro atoms. The number of aliphatic carboxylic acids is 1. The number of carboxylic acids is 1. The normalized spacial score (nSPS) is 19.2. The van der Waals surface area contributed by atoms with Crippen molar-refractivity contribution in [1.82, 2.24) is 0 Å². The van der Waals surface area contributed by atoms with E-state index in [0.717, 1.165) is 35.5 Å². The smallest absolute Gasteiger partial charge is 0.304 e. The number of fused-ring (bicyclic) bond motifs is 1. The maximum Gasteiger partial charge on any atom is 0.304 e. The first-order chi connectivity index (χ1) is 9.16. The van der Waals surface area contributed by atoms with Gasteiger partial charge in [-0.2, -0.15) is 0 Å². The van der Waals surface area contributed by atoms with Gasteiger partial charge < -0.3 is 19.3 Å². The van der Waals surface area contributed by atoms with Gasteiger partial charge in [-0.15, -0.1) is 0 Å². The second kappa shape index (κ2) is 4.42. The van der Waals surface area contributed by atoms with Gasteiger partial charge in [0.15, 0.2) is 6.79 Å². The van der Waals surface area contributed by atoms with Gasteiger partial charge in [0.25, 0.3) is 0 Å². The molecule has 1 saturated carbocycles. The van der Waals surface area contributed by atoms with Gasteiger partial charge >= 0.3 is 5.97 Å². The molecule has 0 atom stereocenters. The molecule has 0 saturated heterocycles. The lowest BCUT2D eigenvalue weighted by Gasteiger charge is -2.26. The molecule has 0 bridgehead atoms. The number of benzene rings is 1. The molecule has 5 heteroatoms. The van der Waals surface area contributed by atoms with E-state index in [4.69, 9.17) is 19.3 Å². The third kappa shape index (κ3) is 2.04. The number of hydrogen-bond acceptors (Lipinski definition) is 4. The lowest BCUT2D eigenvalue weighted by Crippen LogP contribution is -2.20. The summed E-state index contributed by atoms with van der Waals surface area (Å²) in [6.45, 7) is 0.688. The van der Waals surface area contributed by atoms with Crippen molar-refractivity contribution in [3.05, 3.63) is 23.3 Å². The minimum Gasteiger partial charge on any atom is -0.496 e. The Kier molecular flexibility index (Phi) is 2.86. The summed E-state index contributed by atoms with van der Waals surface area (Å²) < 4.78 is 16.2. The third-order valence-corrected chi connectivity index (χ3v) is 3.87. The van der Waals surface area contributed by atoms with Crippen LogP contribution in [-0.4, -0.2) is 25.0 Å². The molecule has 5 nitrogen and oxygen atoms in total. The first kappa shape index (κ1) is 12.3. The highest BCUT2D eigenvalue weighted by Crippen LogP contribution is 2.56. The van der Waals surface area contributed by atoms with Crippen molar-refractivity contribution in [1.29, 1.82) is 0 Å². The van der Waals surface area contributed by atoms with E-state index in [1.54, 1.807) is 7.11 Å². The first-order valence-electron chi connectivity index (χ1n) is 6.29. The molecular formula is C14H16O5. The van der Waals surface area contributed by atoms with Crippen LogP contribution in [0.4, 0.5) is 0 Å². The van der Waals surface area contributed by atoms with Crippen molar-refractivity contribution in [2.75, 3.05) is 13.9 Å². The molecule has 19 heavy (non-hydrogen) atoms. The summed E-state index contributed by atoms with van der Waals surface area (Å²) in [5, 5.41) is 9.11. The van der Waals surface area contributed by atoms with Crippen LogP contribution >= 0.6 is 0 Å². The fourth-order valence-corrected chi connectivity index (χ4v) is 2.84. The number of ether oxygens (including phenoxy) is 3. The molecule has 1 aliphatic heterocycles. The zero-order chi connectivity index (χ0) is 13.5. The second-order valence-corrected chi connectivity index (χ2v) is 5.08. The Balaban J connectivity index is 2.10. The van der Waals surface area contributed by atoms with Crippen LogP contribution in [0.15, 0.2) is 12.1 Å². The summed E-state index contributed by atoms with van der Waals surface area (Å²) >= 11 is 0. The summed E-state index contributed by atoms with van der Waals surface area (Å²) in [5.41, 5.74) is 1.58. The van der Waals surface area contributed by atoms with Crippen molar-refractivity contribution in [2.24, 2.45) is 0 Å². The van der Waals surface area contributed by atoms with E-state index in [1.165, 1.54) is 0 Å². The van der Waals surface area contributed by atoms with E-state index in [9.17, 15) is 4.79 Å². The lowest BCUT2D eigenvalue weighted by molar-refractivity contribution is -0.137. The number of methoxy groups -OCH3 is 1. The van der Waals surface area contributed by atoms with Gasteiger partial charge in [-0.1, -0.05) is 0 Å². The Bertz CT molecular complexity index is 519. The van der Waals surface area contributed by atoms with Crippen LogP contribution in [0.5, 0.6) is 11.5 Å². The summed E-state index contributed by atoms with van der Waals surface area (Å²) in [6, 6.07) is 3.71. The Morgan fingerprint density at radius 3 is 2.89 bits per heavy atom. The predicted octanol–water partition coefficient (Wildman–Crippen LogP) is 2.07. The van der Waals surface area contributed by atoms with E-state index < -0.39 is 5.97 Å². The first-order valence-corrected chi connectivity index (χ1v) is 6.29. The molecule has 1 N–H and O–H groups in total. The second-order valence-electron chi connectivity index (χ2n) is 5.08. The Morgan fingerprint density at radius 2 is 2.26 bits per heavy atom. The molecular weight excluding hydrogens is 248 g/mol. The van der Waals surface area contributed by atoms with Crippen LogP contribution in [0.3, 0.4) is 0 Å². The number of carboxylic acid groups (broad SMARTS) is 1. The van der Waals surface area contributed by atoms with Gasteiger partial charge in [-0.25, -0.2) is 0 Å². The van der Waals surface area contributed by atoms with Gasteiger partial charge in [0.1, 0.15) is 11.5 Å². The molecule has 1 heterocycles. The average Bonchev–Trinajstić information content (AvgIpc) is 3.17. The van der Waals surface area contributed by atoms with E-state index in [2.05, 4.69) is 0 Å². The summed E-state index contributed by atoms with van der Waals surface area (Å²) in [4.78, 5) is 11.1. The van der Waals surface area contributed by atoms with Crippen LogP contribution in [0.1, 0.15) is 30.4 Å². The topological polar surface area (TPSA) is 65.0 Å². The maximum atomic E-state index is 11.1. The highest BCUT2D eigenvalue weighted by molar-refractivity contribution is 5.71. The molecule has 0 radical (unpaired) electrons. The van der Waals surface area contributed by atoms with Gasteiger partial charge in [-0.3, -0.25) is 4.79 Å². The van der Waals surface area contributed by atoms with Crippen LogP contribution in [-0.2, 0) is 21.6 Å². The quantitative estimate of drug-likeness (QED) is 0.901. The van der Waals surface area contributed by atoms with E-state index >= 15 is 0 Å². The van der Waals surface area contributed by atoms with Crippen molar-refractivity contribution >= 4 is 5.97 Å². The molecule has 0 aromatic heterocycles. The molecule has 3 rings (SSSR count). The molecule has 1 aromatic rings. The number of hydrogen-bond donors (Lipinski definition) is 1. The lowest BCUT2D eigenvalue weighted by atomic mass is 9.87. The van der Waals surface area contributed by atoms with E-state index in [0.29, 0.717) is 6.61 Å². The predicted molar refractivity (Wildman–Crippen MR) is 66.4 cm³/mol. The van der Waals surface area contributed by atoms with Gasteiger partial charge in [0.2, 0.25) is 0 Å². The zero-order valence-corrected chi connectivity index (χ0v) is 10.8. The fraction of sp³-hybridized carbons (Fsp3) is 0.500. The largest absolute Gasteiger partial charge is 0.496 e.